The van der Waals surface area contributed by atoms with E-state index in [4.69, 9.17) is 5.26 Å². The Labute approximate surface area is 79.2 Å². The van der Waals surface area contributed by atoms with Gasteiger partial charge in [0.25, 0.3) is 0 Å². The molecule has 1 fully saturated rings. The predicted octanol–water partition coefficient (Wildman–Crippen LogP) is 2.61. The van der Waals surface area contributed by atoms with Crippen LogP contribution >= 0.6 is 0 Å². The van der Waals surface area contributed by atoms with Crippen molar-refractivity contribution in [2.45, 2.75) is 38.5 Å². The Balaban J connectivity index is 2.70. The van der Waals surface area contributed by atoms with Gasteiger partial charge in [0.2, 0.25) is 0 Å². The standard InChI is InChI=1S/C11H15NO/c1-2-6-11(9-12)7-3-4-10(13)5-8-11/h2H,1,3-8H2. The molecule has 0 aromatic heterocycles. The highest BCUT2D eigenvalue weighted by Gasteiger charge is 2.31. The minimum Gasteiger partial charge on any atom is -0.300 e. The molecule has 2 heteroatoms. The van der Waals surface area contributed by atoms with Crippen molar-refractivity contribution >= 4 is 5.78 Å². The molecule has 0 aliphatic heterocycles. The smallest absolute Gasteiger partial charge is 0.132 e. The molecular formula is C11H15NO. The quantitative estimate of drug-likeness (QED) is 0.480. The molecular weight excluding hydrogens is 162 g/mol. The highest BCUT2D eigenvalue weighted by atomic mass is 16.1. The van der Waals surface area contributed by atoms with E-state index in [9.17, 15) is 4.79 Å². The summed E-state index contributed by atoms with van der Waals surface area (Å²) in [5.74, 6) is 0.307. The van der Waals surface area contributed by atoms with Gasteiger partial charge in [-0.15, -0.1) is 6.58 Å². The molecule has 13 heavy (non-hydrogen) atoms. The number of nitriles is 1. The first-order chi connectivity index (χ1) is 6.22. The number of rotatable bonds is 2. The Morgan fingerprint density at radius 1 is 1.54 bits per heavy atom. The summed E-state index contributed by atoms with van der Waals surface area (Å²) in [6.45, 7) is 3.66. The second kappa shape index (κ2) is 4.23. The Kier molecular flexibility index (Phi) is 3.25. The van der Waals surface area contributed by atoms with Crippen LogP contribution < -0.4 is 0 Å². The van der Waals surface area contributed by atoms with Crippen molar-refractivity contribution < 1.29 is 4.79 Å². The molecule has 0 heterocycles. The van der Waals surface area contributed by atoms with Crippen LogP contribution in [0.2, 0.25) is 0 Å². The van der Waals surface area contributed by atoms with Gasteiger partial charge in [-0.3, -0.25) is 4.79 Å². The van der Waals surface area contributed by atoms with E-state index in [2.05, 4.69) is 12.6 Å². The minimum absolute atomic E-state index is 0.298. The van der Waals surface area contributed by atoms with Crippen molar-refractivity contribution in [3.8, 4) is 6.07 Å². The summed E-state index contributed by atoms with van der Waals surface area (Å²) in [5.41, 5.74) is -0.298. The fraction of sp³-hybridized carbons (Fsp3) is 0.636. The molecule has 1 atom stereocenters. The topological polar surface area (TPSA) is 40.9 Å². The maximum Gasteiger partial charge on any atom is 0.132 e. The molecule has 0 amide bonds. The summed E-state index contributed by atoms with van der Waals surface area (Å²) in [6, 6.07) is 2.36. The van der Waals surface area contributed by atoms with E-state index in [1.165, 1.54) is 0 Å². The van der Waals surface area contributed by atoms with Gasteiger partial charge >= 0.3 is 0 Å². The number of Topliss-reactive ketones (excluding diaryl/α,β-unsaturated/α-hetero) is 1. The lowest BCUT2D eigenvalue weighted by molar-refractivity contribution is -0.119. The SMILES string of the molecule is C=CCC1(C#N)CCCC(=O)CC1. The van der Waals surface area contributed by atoms with Gasteiger partial charge in [-0.05, 0) is 25.7 Å². The molecule has 0 N–H and O–H groups in total. The second-order valence-electron chi connectivity index (χ2n) is 3.78. The third kappa shape index (κ3) is 2.42. The van der Waals surface area contributed by atoms with Crippen LogP contribution in [0.25, 0.3) is 0 Å². The van der Waals surface area contributed by atoms with Crippen LogP contribution in [0.4, 0.5) is 0 Å². The molecule has 0 spiro atoms. The van der Waals surface area contributed by atoms with Crippen molar-refractivity contribution in [1.29, 1.82) is 5.26 Å². The fourth-order valence-electron chi connectivity index (χ4n) is 1.89. The highest BCUT2D eigenvalue weighted by Crippen LogP contribution is 2.36. The van der Waals surface area contributed by atoms with Crippen LogP contribution in [-0.2, 0) is 4.79 Å². The molecule has 0 radical (unpaired) electrons. The van der Waals surface area contributed by atoms with Gasteiger partial charge in [0.05, 0.1) is 11.5 Å². The maximum absolute atomic E-state index is 11.2. The van der Waals surface area contributed by atoms with Gasteiger partial charge in [-0.25, -0.2) is 0 Å². The van der Waals surface area contributed by atoms with Gasteiger partial charge in [0.15, 0.2) is 0 Å². The molecule has 2 nitrogen and oxygen atoms in total. The van der Waals surface area contributed by atoms with E-state index in [1.807, 2.05) is 0 Å². The molecule has 70 valence electrons. The third-order valence-electron chi connectivity index (χ3n) is 2.77. The largest absolute Gasteiger partial charge is 0.300 e. The predicted molar refractivity (Wildman–Crippen MR) is 51.0 cm³/mol. The van der Waals surface area contributed by atoms with Crippen LogP contribution in [0.3, 0.4) is 0 Å². The molecule has 1 aliphatic carbocycles. The van der Waals surface area contributed by atoms with Gasteiger partial charge < -0.3 is 0 Å². The molecule has 1 aliphatic rings. The molecule has 1 unspecified atom stereocenters. The Morgan fingerprint density at radius 2 is 2.31 bits per heavy atom. The maximum atomic E-state index is 11.2. The fourth-order valence-corrected chi connectivity index (χ4v) is 1.89. The zero-order valence-corrected chi connectivity index (χ0v) is 7.88. The Morgan fingerprint density at radius 3 is 2.92 bits per heavy atom. The number of carbonyl (C=O) groups is 1. The molecule has 1 saturated carbocycles. The first kappa shape index (κ1) is 9.98. The van der Waals surface area contributed by atoms with E-state index >= 15 is 0 Å². The summed E-state index contributed by atoms with van der Waals surface area (Å²) in [4.78, 5) is 11.2. The molecule has 0 saturated heterocycles. The normalized spacial score (nSPS) is 29.0. The number of nitrogens with zero attached hydrogens (tertiary/aromatic N) is 1. The number of hydrogen-bond acceptors (Lipinski definition) is 2. The lowest BCUT2D eigenvalue weighted by Crippen LogP contribution is -2.16. The van der Waals surface area contributed by atoms with E-state index < -0.39 is 0 Å². The lowest BCUT2D eigenvalue weighted by Gasteiger charge is -2.22. The second-order valence-corrected chi connectivity index (χ2v) is 3.78. The van der Waals surface area contributed by atoms with E-state index in [0.717, 1.165) is 19.3 Å². The minimum atomic E-state index is -0.298. The summed E-state index contributed by atoms with van der Waals surface area (Å²) >= 11 is 0. The number of hydrogen-bond donors (Lipinski definition) is 0. The van der Waals surface area contributed by atoms with Crippen LogP contribution in [0, 0.1) is 16.7 Å². The van der Waals surface area contributed by atoms with Crippen LogP contribution in [-0.4, -0.2) is 5.78 Å². The summed E-state index contributed by atoms with van der Waals surface area (Å²) < 4.78 is 0. The van der Waals surface area contributed by atoms with Crippen LogP contribution in [0.5, 0.6) is 0 Å². The lowest BCUT2D eigenvalue weighted by atomic mass is 9.79. The van der Waals surface area contributed by atoms with Gasteiger partial charge in [-0.1, -0.05) is 6.08 Å². The van der Waals surface area contributed by atoms with Crippen LogP contribution in [0.15, 0.2) is 12.7 Å². The van der Waals surface area contributed by atoms with Crippen molar-refractivity contribution in [1.82, 2.24) is 0 Å². The van der Waals surface area contributed by atoms with E-state index in [0.29, 0.717) is 25.0 Å². The van der Waals surface area contributed by atoms with Gasteiger partial charge in [0.1, 0.15) is 5.78 Å². The van der Waals surface area contributed by atoms with E-state index in [-0.39, 0.29) is 5.41 Å². The summed E-state index contributed by atoms with van der Waals surface area (Å²) in [5, 5.41) is 9.07. The van der Waals surface area contributed by atoms with Crippen molar-refractivity contribution in [3.05, 3.63) is 12.7 Å². The first-order valence-electron chi connectivity index (χ1n) is 4.76. The zero-order valence-electron chi connectivity index (χ0n) is 7.88. The Hall–Kier alpha value is -1.10. The third-order valence-corrected chi connectivity index (χ3v) is 2.77. The van der Waals surface area contributed by atoms with Crippen molar-refractivity contribution in [2.75, 3.05) is 0 Å². The van der Waals surface area contributed by atoms with Crippen LogP contribution in [0.1, 0.15) is 38.5 Å². The molecule has 1 rings (SSSR count). The molecule has 0 aromatic rings. The first-order valence-corrected chi connectivity index (χ1v) is 4.76. The average Bonchev–Trinajstić information content (AvgIpc) is 2.30. The number of carbonyl (C=O) groups excluding carboxylic acids is 1. The summed E-state index contributed by atoms with van der Waals surface area (Å²) in [7, 11) is 0. The average molecular weight is 177 g/mol. The van der Waals surface area contributed by atoms with Gasteiger partial charge in [-0.2, -0.15) is 5.26 Å². The monoisotopic (exact) mass is 177 g/mol. The van der Waals surface area contributed by atoms with Crippen molar-refractivity contribution in [3.63, 3.8) is 0 Å². The highest BCUT2D eigenvalue weighted by molar-refractivity contribution is 5.78. The number of allylic oxidation sites excluding steroid dienone is 1. The molecule has 0 aromatic carbocycles. The van der Waals surface area contributed by atoms with Crippen molar-refractivity contribution in [2.24, 2.45) is 5.41 Å². The zero-order chi connectivity index (χ0) is 9.73. The van der Waals surface area contributed by atoms with E-state index in [1.54, 1.807) is 6.08 Å². The summed E-state index contributed by atoms with van der Waals surface area (Å²) in [6.07, 6.45) is 6.16. The molecule has 0 bridgehead atoms. The van der Waals surface area contributed by atoms with Gasteiger partial charge in [0, 0.05) is 12.8 Å². The number of ketones is 1. The Bertz CT molecular complexity index is 251.